The van der Waals surface area contributed by atoms with E-state index in [1.807, 2.05) is 13.8 Å². The molecule has 3 N–H and O–H groups in total. The van der Waals surface area contributed by atoms with Gasteiger partial charge in [-0.3, -0.25) is 4.79 Å². The Hall–Kier alpha value is -1.10. The SMILES string of the molecule is CC(C)(CCO)NCC(=O)Nc1ccc(Cl)cc1. The van der Waals surface area contributed by atoms with Gasteiger partial charge in [-0.15, -0.1) is 0 Å². The van der Waals surface area contributed by atoms with Gasteiger partial charge < -0.3 is 15.7 Å². The van der Waals surface area contributed by atoms with Crippen LogP contribution in [-0.4, -0.2) is 29.7 Å². The van der Waals surface area contributed by atoms with Crippen molar-refractivity contribution in [3.8, 4) is 0 Å². The van der Waals surface area contributed by atoms with Crippen LogP contribution in [0.4, 0.5) is 5.69 Å². The third kappa shape index (κ3) is 5.49. The molecule has 0 spiro atoms. The van der Waals surface area contributed by atoms with Gasteiger partial charge in [0.05, 0.1) is 6.54 Å². The number of aliphatic hydroxyl groups excluding tert-OH is 1. The maximum absolute atomic E-state index is 11.7. The molecule has 0 unspecified atom stereocenters. The lowest BCUT2D eigenvalue weighted by molar-refractivity contribution is -0.115. The van der Waals surface area contributed by atoms with E-state index in [-0.39, 0.29) is 24.6 Å². The van der Waals surface area contributed by atoms with Gasteiger partial charge in [-0.1, -0.05) is 11.6 Å². The van der Waals surface area contributed by atoms with Crippen LogP contribution in [0.25, 0.3) is 0 Å². The zero-order chi connectivity index (χ0) is 13.6. The zero-order valence-electron chi connectivity index (χ0n) is 10.7. The Kier molecular flexibility index (Phi) is 5.59. The quantitative estimate of drug-likeness (QED) is 0.741. The molecular weight excluding hydrogens is 252 g/mol. The lowest BCUT2D eigenvalue weighted by atomic mass is 10.0. The minimum absolute atomic E-state index is 0.0960. The molecule has 0 heterocycles. The molecule has 0 atom stereocenters. The van der Waals surface area contributed by atoms with Gasteiger partial charge >= 0.3 is 0 Å². The van der Waals surface area contributed by atoms with E-state index in [9.17, 15) is 4.79 Å². The Labute approximate surface area is 112 Å². The van der Waals surface area contributed by atoms with Gasteiger partial charge in [0, 0.05) is 22.9 Å². The molecule has 4 nitrogen and oxygen atoms in total. The molecule has 1 amide bonds. The fraction of sp³-hybridized carbons (Fsp3) is 0.462. The molecule has 0 aliphatic heterocycles. The number of amides is 1. The first-order valence-electron chi connectivity index (χ1n) is 5.84. The Morgan fingerprint density at radius 1 is 1.33 bits per heavy atom. The molecule has 0 saturated carbocycles. The van der Waals surface area contributed by atoms with E-state index >= 15 is 0 Å². The number of aliphatic hydroxyl groups is 1. The third-order valence-corrected chi connectivity index (χ3v) is 2.84. The van der Waals surface area contributed by atoms with E-state index in [0.717, 1.165) is 0 Å². The van der Waals surface area contributed by atoms with Gasteiger partial charge in [0.2, 0.25) is 5.91 Å². The second-order valence-corrected chi connectivity index (χ2v) is 5.20. The van der Waals surface area contributed by atoms with Crippen LogP contribution in [0.2, 0.25) is 5.02 Å². The summed E-state index contributed by atoms with van der Waals surface area (Å²) in [4.78, 5) is 11.7. The summed E-state index contributed by atoms with van der Waals surface area (Å²) in [6.07, 6.45) is 0.598. The van der Waals surface area contributed by atoms with Crippen LogP contribution in [0.3, 0.4) is 0 Å². The van der Waals surface area contributed by atoms with Crippen LogP contribution >= 0.6 is 11.6 Å². The van der Waals surface area contributed by atoms with Crippen molar-refractivity contribution >= 4 is 23.2 Å². The monoisotopic (exact) mass is 270 g/mol. The van der Waals surface area contributed by atoms with Crippen molar-refractivity contribution in [2.45, 2.75) is 25.8 Å². The van der Waals surface area contributed by atoms with E-state index in [2.05, 4.69) is 10.6 Å². The normalized spacial score (nSPS) is 11.3. The highest BCUT2D eigenvalue weighted by atomic mass is 35.5. The van der Waals surface area contributed by atoms with E-state index in [4.69, 9.17) is 16.7 Å². The van der Waals surface area contributed by atoms with Crippen LogP contribution in [0.15, 0.2) is 24.3 Å². The minimum atomic E-state index is -0.258. The van der Waals surface area contributed by atoms with Crippen molar-refractivity contribution < 1.29 is 9.90 Å². The lowest BCUT2D eigenvalue weighted by Gasteiger charge is -2.25. The van der Waals surface area contributed by atoms with E-state index in [1.165, 1.54) is 0 Å². The van der Waals surface area contributed by atoms with E-state index < -0.39 is 0 Å². The van der Waals surface area contributed by atoms with Crippen LogP contribution in [0.5, 0.6) is 0 Å². The molecule has 0 saturated heterocycles. The Morgan fingerprint density at radius 2 is 1.94 bits per heavy atom. The standard InChI is InChI=1S/C13H19ClN2O2/c1-13(2,7-8-17)15-9-12(18)16-11-5-3-10(14)4-6-11/h3-6,15,17H,7-9H2,1-2H3,(H,16,18). The Bertz CT molecular complexity index is 390. The lowest BCUT2D eigenvalue weighted by Crippen LogP contribution is -2.44. The molecular formula is C13H19ClN2O2. The average molecular weight is 271 g/mol. The van der Waals surface area contributed by atoms with Gasteiger partial charge in [-0.2, -0.15) is 0 Å². The first-order chi connectivity index (χ1) is 8.43. The van der Waals surface area contributed by atoms with Crippen molar-refractivity contribution in [1.82, 2.24) is 5.32 Å². The topological polar surface area (TPSA) is 61.4 Å². The molecule has 1 aromatic rings. The van der Waals surface area contributed by atoms with Gasteiger partial charge in [0.25, 0.3) is 0 Å². The van der Waals surface area contributed by atoms with Crippen molar-refractivity contribution in [3.05, 3.63) is 29.3 Å². The largest absolute Gasteiger partial charge is 0.396 e. The van der Waals surface area contributed by atoms with Gasteiger partial charge in [0.1, 0.15) is 0 Å². The highest BCUT2D eigenvalue weighted by Gasteiger charge is 2.17. The fourth-order valence-electron chi connectivity index (χ4n) is 1.43. The van der Waals surface area contributed by atoms with Crippen LogP contribution in [-0.2, 0) is 4.79 Å². The van der Waals surface area contributed by atoms with Gasteiger partial charge in [-0.05, 0) is 44.5 Å². The molecule has 100 valence electrons. The molecule has 18 heavy (non-hydrogen) atoms. The Balaban J connectivity index is 2.40. The predicted octanol–water partition coefficient (Wildman–Crippen LogP) is 2.03. The number of hydrogen-bond donors (Lipinski definition) is 3. The third-order valence-electron chi connectivity index (χ3n) is 2.59. The van der Waals surface area contributed by atoms with Crippen LogP contribution in [0.1, 0.15) is 20.3 Å². The number of rotatable bonds is 6. The molecule has 0 radical (unpaired) electrons. The number of nitrogens with one attached hydrogen (secondary N) is 2. The molecule has 0 aromatic heterocycles. The average Bonchev–Trinajstić information content (AvgIpc) is 2.30. The second-order valence-electron chi connectivity index (χ2n) is 4.77. The number of benzene rings is 1. The molecule has 0 fully saturated rings. The number of anilines is 1. The fourth-order valence-corrected chi connectivity index (χ4v) is 1.55. The maximum atomic E-state index is 11.7. The predicted molar refractivity (Wildman–Crippen MR) is 73.9 cm³/mol. The molecule has 0 aliphatic carbocycles. The smallest absolute Gasteiger partial charge is 0.238 e. The first kappa shape index (κ1) is 15.0. The summed E-state index contributed by atoms with van der Waals surface area (Å²) in [6, 6.07) is 6.94. The number of carbonyl (C=O) groups is 1. The molecule has 5 heteroatoms. The van der Waals surface area contributed by atoms with Crippen molar-refractivity contribution in [2.24, 2.45) is 0 Å². The molecule has 0 aliphatic rings. The number of halogens is 1. The molecule has 0 bridgehead atoms. The number of carbonyl (C=O) groups excluding carboxylic acids is 1. The summed E-state index contributed by atoms with van der Waals surface area (Å²) in [5, 5.41) is 15.4. The summed E-state index contributed by atoms with van der Waals surface area (Å²) in [7, 11) is 0. The van der Waals surface area contributed by atoms with Gasteiger partial charge in [0.15, 0.2) is 0 Å². The zero-order valence-corrected chi connectivity index (χ0v) is 11.4. The molecule has 1 aromatic carbocycles. The highest BCUT2D eigenvalue weighted by molar-refractivity contribution is 6.30. The van der Waals surface area contributed by atoms with Crippen LogP contribution < -0.4 is 10.6 Å². The Morgan fingerprint density at radius 3 is 2.50 bits per heavy atom. The second kappa shape index (κ2) is 6.73. The van der Waals surface area contributed by atoms with Crippen molar-refractivity contribution in [1.29, 1.82) is 0 Å². The number of hydrogen-bond acceptors (Lipinski definition) is 3. The van der Waals surface area contributed by atoms with Gasteiger partial charge in [-0.25, -0.2) is 0 Å². The summed E-state index contributed by atoms with van der Waals surface area (Å²) in [5.74, 6) is -0.122. The van der Waals surface area contributed by atoms with E-state index in [1.54, 1.807) is 24.3 Å². The minimum Gasteiger partial charge on any atom is -0.396 e. The summed E-state index contributed by atoms with van der Waals surface area (Å²) in [6.45, 7) is 4.19. The summed E-state index contributed by atoms with van der Waals surface area (Å²) >= 11 is 5.76. The first-order valence-corrected chi connectivity index (χ1v) is 6.22. The van der Waals surface area contributed by atoms with E-state index in [0.29, 0.717) is 17.1 Å². The summed E-state index contributed by atoms with van der Waals surface area (Å²) in [5.41, 5.74) is 0.456. The van der Waals surface area contributed by atoms with Crippen molar-refractivity contribution in [3.63, 3.8) is 0 Å². The maximum Gasteiger partial charge on any atom is 0.238 e. The highest BCUT2D eigenvalue weighted by Crippen LogP contribution is 2.13. The summed E-state index contributed by atoms with van der Waals surface area (Å²) < 4.78 is 0. The molecule has 1 rings (SSSR count). The van der Waals surface area contributed by atoms with Crippen LogP contribution in [0, 0.1) is 0 Å². The van der Waals surface area contributed by atoms with Crippen molar-refractivity contribution in [2.75, 3.05) is 18.5 Å².